The molecule has 1 aliphatic carbocycles. The fourth-order valence-electron chi connectivity index (χ4n) is 2.12. The zero-order valence-corrected chi connectivity index (χ0v) is 11.7. The lowest BCUT2D eigenvalue weighted by molar-refractivity contribution is -0.138. The zero-order valence-electron chi connectivity index (χ0n) is 10.9. The van der Waals surface area contributed by atoms with Gasteiger partial charge in [0.05, 0.1) is 17.9 Å². The van der Waals surface area contributed by atoms with Crippen LogP contribution in [0.4, 0.5) is 0 Å². The van der Waals surface area contributed by atoms with Crippen molar-refractivity contribution in [2.24, 2.45) is 0 Å². The fourth-order valence-corrected chi connectivity index (χ4v) is 2.91. The van der Waals surface area contributed by atoms with Gasteiger partial charge in [-0.1, -0.05) is 6.07 Å². The highest BCUT2D eigenvalue weighted by molar-refractivity contribution is 7.13. The molecule has 0 atom stereocenters. The Labute approximate surface area is 120 Å². The van der Waals surface area contributed by atoms with E-state index in [2.05, 4.69) is 9.97 Å². The monoisotopic (exact) mass is 289 g/mol. The van der Waals surface area contributed by atoms with Gasteiger partial charge in [-0.05, 0) is 25.0 Å². The van der Waals surface area contributed by atoms with Gasteiger partial charge in [-0.25, -0.2) is 4.98 Å². The third kappa shape index (κ3) is 3.20. The number of carboxylic acids is 1. The number of aliphatic carboxylic acids is 1. The molecule has 6 heteroatoms. The highest BCUT2D eigenvalue weighted by Gasteiger charge is 2.30. The number of carboxylic acid groups (broad SMARTS) is 1. The van der Waals surface area contributed by atoms with Crippen molar-refractivity contribution >= 4 is 17.3 Å². The molecule has 0 aliphatic heterocycles. The van der Waals surface area contributed by atoms with Crippen LogP contribution in [0.2, 0.25) is 0 Å². The van der Waals surface area contributed by atoms with Crippen molar-refractivity contribution in [3.05, 3.63) is 35.5 Å². The SMILES string of the molecule is O=C(O)CN(Cc1csc(-c2ccccn2)n1)C1CC1. The molecule has 0 amide bonds. The summed E-state index contributed by atoms with van der Waals surface area (Å²) in [6.07, 6.45) is 3.92. The van der Waals surface area contributed by atoms with Crippen LogP contribution in [0.15, 0.2) is 29.8 Å². The molecule has 1 aliphatic rings. The quantitative estimate of drug-likeness (QED) is 0.883. The van der Waals surface area contributed by atoms with Crippen molar-refractivity contribution in [3.63, 3.8) is 0 Å². The molecular weight excluding hydrogens is 274 g/mol. The lowest BCUT2D eigenvalue weighted by Crippen LogP contribution is -2.31. The van der Waals surface area contributed by atoms with E-state index in [1.165, 1.54) is 0 Å². The third-order valence-corrected chi connectivity index (χ3v) is 4.12. The van der Waals surface area contributed by atoms with Gasteiger partial charge in [0.15, 0.2) is 0 Å². The summed E-state index contributed by atoms with van der Waals surface area (Å²) in [7, 11) is 0. The Morgan fingerprint density at radius 1 is 1.45 bits per heavy atom. The largest absolute Gasteiger partial charge is 0.480 e. The van der Waals surface area contributed by atoms with E-state index >= 15 is 0 Å². The van der Waals surface area contributed by atoms with Crippen LogP contribution in [-0.4, -0.2) is 38.5 Å². The van der Waals surface area contributed by atoms with Crippen LogP contribution in [0, 0.1) is 0 Å². The average molecular weight is 289 g/mol. The maximum absolute atomic E-state index is 10.9. The van der Waals surface area contributed by atoms with Crippen molar-refractivity contribution in [1.82, 2.24) is 14.9 Å². The van der Waals surface area contributed by atoms with Crippen LogP contribution in [-0.2, 0) is 11.3 Å². The molecule has 2 aromatic heterocycles. The fraction of sp³-hybridized carbons (Fsp3) is 0.357. The van der Waals surface area contributed by atoms with Gasteiger partial charge in [0, 0.05) is 24.2 Å². The minimum absolute atomic E-state index is 0.0844. The van der Waals surface area contributed by atoms with Gasteiger partial charge in [-0.2, -0.15) is 0 Å². The van der Waals surface area contributed by atoms with E-state index in [0.29, 0.717) is 12.6 Å². The summed E-state index contributed by atoms with van der Waals surface area (Å²) in [6.45, 7) is 0.682. The van der Waals surface area contributed by atoms with Crippen LogP contribution in [0.3, 0.4) is 0 Å². The molecule has 2 aromatic rings. The predicted octanol–water partition coefficient (Wildman–Crippen LogP) is 2.25. The Bertz CT molecular complexity index is 595. The van der Waals surface area contributed by atoms with E-state index in [9.17, 15) is 4.79 Å². The minimum Gasteiger partial charge on any atom is -0.480 e. The van der Waals surface area contributed by atoms with Gasteiger partial charge >= 0.3 is 5.97 Å². The summed E-state index contributed by atoms with van der Waals surface area (Å²) >= 11 is 1.55. The maximum atomic E-state index is 10.9. The normalized spacial score (nSPS) is 14.7. The zero-order chi connectivity index (χ0) is 13.9. The number of rotatable bonds is 6. The van der Waals surface area contributed by atoms with Crippen LogP contribution < -0.4 is 0 Å². The van der Waals surface area contributed by atoms with E-state index < -0.39 is 5.97 Å². The first kappa shape index (κ1) is 13.2. The number of carbonyl (C=O) groups is 1. The number of aromatic nitrogens is 2. The molecule has 0 radical (unpaired) electrons. The Morgan fingerprint density at radius 2 is 2.30 bits per heavy atom. The molecule has 2 heterocycles. The third-order valence-electron chi connectivity index (χ3n) is 3.20. The Morgan fingerprint density at radius 3 is 2.95 bits per heavy atom. The van der Waals surface area contributed by atoms with Crippen LogP contribution in [0.1, 0.15) is 18.5 Å². The second kappa shape index (κ2) is 5.68. The number of hydrogen-bond acceptors (Lipinski definition) is 5. The summed E-state index contributed by atoms with van der Waals surface area (Å²) < 4.78 is 0. The molecular formula is C14H15N3O2S. The highest BCUT2D eigenvalue weighted by Crippen LogP contribution is 2.29. The maximum Gasteiger partial charge on any atom is 0.317 e. The average Bonchev–Trinajstić information content (AvgIpc) is 3.19. The van der Waals surface area contributed by atoms with Gasteiger partial charge in [0.1, 0.15) is 5.01 Å². The van der Waals surface area contributed by atoms with Crippen molar-refractivity contribution in [2.45, 2.75) is 25.4 Å². The van der Waals surface area contributed by atoms with Crippen LogP contribution in [0.5, 0.6) is 0 Å². The first-order valence-corrected chi connectivity index (χ1v) is 7.42. The standard InChI is InChI=1S/C14H15N3O2S/c18-13(19)8-17(11-4-5-11)7-10-9-20-14(16-10)12-3-1-2-6-15-12/h1-3,6,9,11H,4-5,7-8H2,(H,18,19). The predicted molar refractivity (Wildman–Crippen MR) is 76.4 cm³/mol. The molecule has 1 saturated carbocycles. The van der Waals surface area contributed by atoms with Crippen molar-refractivity contribution in [3.8, 4) is 10.7 Å². The summed E-state index contributed by atoms with van der Waals surface area (Å²) in [5.74, 6) is -0.780. The second-order valence-electron chi connectivity index (χ2n) is 4.89. The molecule has 3 rings (SSSR count). The number of thiazole rings is 1. The minimum atomic E-state index is -0.780. The Hall–Kier alpha value is -1.79. The van der Waals surface area contributed by atoms with Gasteiger partial charge in [-0.3, -0.25) is 14.7 Å². The van der Waals surface area contributed by atoms with Crippen LogP contribution in [0.25, 0.3) is 10.7 Å². The van der Waals surface area contributed by atoms with E-state index in [4.69, 9.17) is 5.11 Å². The Balaban J connectivity index is 1.71. The first-order chi connectivity index (χ1) is 9.72. The van der Waals surface area contributed by atoms with Gasteiger partial charge < -0.3 is 5.11 Å². The Kier molecular flexibility index (Phi) is 3.75. The lowest BCUT2D eigenvalue weighted by Gasteiger charge is -2.17. The molecule has 1 fully saturated rings. The smallest absolute Gasteiger partial charge is 0.317 e. The molecule has 0 unspecified atom stereocenters. The molecule has 1 N–H and O–H groups in total. The molecule has 20 heavy (non-hydrogen) atoms. The van der Waals surface area contributed by atoms with E-state index in [1.54, 1.807) is 17.5 Å². The molecule has 5 nitrogen and oxygen atoms in total. The van der Waals surface area contributed by atoms with Crippen LogP contribution >= 0.6 is 11.3 Å². The topological polar surface area (TPSA) is 66.3 Å². The van der Waals surface area contributed by atoms with E-state index in [0.717, 1.165) is 29.2 Å². The molecule has 104 valence electrons. The van der Waals surface area contributed by atoms with E-state index in [-0.39, 0.29) is 6.54 Å². The summed E-state index contributed by atoms with van der Waals surface area (Å²) in [4.78, 5) is 21.7. The highest BCUT2D eigenvalue weighted by atomic mass is 32.1. The molecule has 0 spiro atoms. The van der Waals surface area contributed by atoms with Gasteiger partial charge in [0.25, 0.3) is 0 Å². The van der Waals surface area contributed by atoms with Crippen molar-refractivity contribution in [2.75, 3.05) is 6.54 Å². The summed E-state index contributed by atoms with van der Waals surface area (Å²) in [5, 5.41) is 11.8. The summed E-state index contributed by atoms with van der Waals surface area (Å²) in [6, 6.07) is 6.15. The lowest BCUT2D eigenvalue weighted by atomic mass is 10.3. The van der Waals surface area contributed by atoms with Crippen molar-refractivity contribution < 1.29 is 9.90 Å². The first-order valence-electron chi connectivity index (χ1n) is 6.54. The second-order valence-corrected chi connectivity index (χ2v) is 5.75. The molecule has 0 aromatic carbocycles. The molecule has 0 bridgehead atoms. The number of pyridine rings is 1. The molecule has 0 saturated heterocycles. The van der Waals surface area contributed by atoms with Crippen molar-refractivity contribution in [1.29, 1.82) is 0 Å². The number of hydrogen-bond donors (Lipinski definition) is 1. The number of nitrogens with zero attached hydrogens (tertiary/aromatic N) is 3. The van der Waals surface area contributed by atoms with Gasteiger partial charge in [0.2, 0.25) is 0 Å². The van der Waals surface area contributed by atoms with Gasteiger partial charge in [-0.15, -0.1) is 11.3 Å². The van der Waals surface area contributed by atoms with E-state index in [1.807, 2.05) is 28.5 Å². The summed E-state index contributed by atoms with van der Waals surface area (Å²) in [5.41, 5.74) is 1.78.